The van der Waals surface area contributed by atoms with Gasteiger partial charge < -0.3 is 5.32 Å². The number of nitro groups is 1. The second-order valence-electron chi connectivity index (χ2n) is 4.57. The van der Waals surface area contributed by atoms with Crippen LogP contribution in [-0.4, -0.2) is 27.5 Å². The Morgan fingerprint density at radius 3 is 2.83 bits per heavy atom. The highest BCUT2D eigenvalue weighted by Gasteiger charge is 2.24. The van der Waals surface area contributed by atoms with E-state index in [0.29, 0.717) is 11.7 Å². The van der Waals surface area contributed by atoms with Crippen molar-refractivity contribution in [3.8, 4) is 0 Å². The third kappa shape index (κ3) is 2.93. The van der Waals surface area contributed by atoms with E-state index in [9.17, 15) is 10.1 Å². The molecule has 18 heavy (non-hydrogen) atoms. The van der Waals surface area contributed by atoms with E-state index in [1.165, 1.54) is 12.5 Å². The Hall–Kier alpha value is -1.30. The molecule has 0 saturated heterocycles. The summed E-state index contributed by atoms with van der Waals surface area (Å²) in [6.07, 6.45) is 5.65. The van der Waals surface area contributed by atoms with Gasteiger partial charge in [0.2, 0.25) is 0 Å². The number of thioether (sulfide) groups is 1. The lowest BCUT2D eigenvalue weighted by Gasteiger charge is -2.13. The van der Waals surface area contributed by atoms with Gasteiger partial charge in [0.25, 0.3) is 5.69 Å². The van der Waals surface area contributed by atoms with Crippen LogP contribution in [0.15, 0.2) is 12.1 Å². The third-order valence-electron chi connectivity index (χ3n) is 3.32. The van der Waals surface area contributed by atoms with Crippen molar-refractivity contribution in [1.82, 2.24) is 4.98 Å². The maximum absolute atomic E-state index is 10.7. The van der Waals surface area contributed by atoms with Gasteiger partial charge in [-0.3, -0.25) is 10.1 Å². The molecular weight excluding hydrogens is 250 g/mol. The number of rotatable bonds is 4. The standard InChI is InChI=1S/C12H17N3O2S/c1-8-11(15(16)17)5-6-12(13-8)14-9-3-4-10(7-9)18-2/h5-6,9-10H,3-4,7H2,1-2H3,(H,13,14). The van der Waals surface area contributed by atoms with E-state index in [4.69, 9.17) is 0 Å². The Morgan fingerprint density at radius 1 is 1.50 bits per heavy atom. The largest absolute Gasteiger partial charge is 0.367 e. The molecule has 1 fully saturated rings. The van der Waals surface area contributed by atoms with E-state index in [2.05, 4.69) is 16.6 Å². The monoisotopic (exact) mass is 267 g/mol. The SMILES string of the molecule is CSC1CCC(Nc2ccc([N+](=O)[O-])c(C)n2)C1. The van der Waals surface area contributed by atoms with Gasteiger partial charge in [0, 0.05) is 17.4 Å². The van der Waals surface area contributed by atoms with Crippen LogP contribution in [0.1, 0.15) is 25.0 Å². The molecule has 0 aromatic carbocycles. The van der Waals surface area contributed by atoms with Gasteiger partial charge in [-0.05, 0) is 38.5 Å². The number of hydrogen-bond acceptors (Lipinski definition) is 5. The second-order valence-corrected chi connectivity index (χ2v) is 5.71. The lowest BCUT2D eigenvalue weighted by molar-refractivity contribution is -0.385. The first-order valence-electron chi connectivity index (χ1n) is 6.01. The van der Waals surface area contributed by atoms with Crippen LogP contribution in [0.4, 0.5) is 11.5 Å². The number of anilines is 1. The van der Waals surface area contributed by atoms with E-state index in [1.54, 1.807) is 13.0 Å². The average Bonchev–Trinajstić information content (AvgIpc) is 2.76. The number of aromatic nitrogens is 1. The molecule has 1 aliphatic carbocycles. The Labute approximate surface area is 111 Å². The van der Waals surface area contributed by atoms with Gasteiger partial charge in [-0.1, -0.05) is 0 Å². The average molecular weight is 267 g/mol. The molecular formula is C12H17N3O2S. The first kappa shape index (κ1) is 13.1. The number of pyridine rings is 1. The molecule has 0 spiro atoms. The highest BCUT2D eigenvalue weighted by atomic mass is 32.2. The number of nitrogens with one attached hydrogen (secondary N) is 1. The molecule has 0 bridgehead atoms. The molecule has 0 aliphatic heterocycles. The lowest BCUT2D eigenvalue weighted by atomic mass is 10.2. The van der Waals surface area contributed by atoms with Crippen LogP contribution in [0.25, 0.3) is 0 Å². The van der Waals surface area contributed by atoms with Crippen LogP contribution < -0.4 is 5.32 Å². The van der Waals surface area contributed by atoms with Crippen LogP contribution >= 0.6 is 11.8 Å². The first-order chi connectivity index (χ1) is 8.60. The van der Waals surface area contributed by atoms with Crippen molar-refractivity contribution < 1.29 is 4.92 Å². The fourth-order valence-corrected chi connectivity index (χ4v) is 3.12. The van der Waals surface area contributed by atoms with E-state index >= 15 is 0 Å². The van der Waals surface area contributed by atoms with Crippen molar-refractivity contribution in [3.05, 3.63) is 27.9 Å². The Kier molecular flexibility index (Phi) is 4.06. The maximum Gasteiger partial charge on any atom is 0.290 e. The van der Waals surface area contributed by atoms with Gasteiger partial charge in [-0.15, -0.1) is 0 Å². The molecule has 1 aromatic rings. The van der Waals surface area contributed by atoms with Crippen molar-refractivity contribution in [3.63, 3.8) is 0 Å². The number of hydrogen-bond donors (Lipinski definition) is 1. The fraction of sp³-hybridized carbons (Fsp3) is 0.583. The third-order valence-corrected chi connectivity index (χ3v) is 4.42. The van der Waals surface area contributed by atoms with Crippen molar-refractivity contribution in [2.24, 2.45) is 0 Å². The van der Waals surface area contributed by atoms with E-state index in [0.717, 1.165) is 23.9 Å². The predicted octanol–water partition coefficient (Wildman–Crippen LogP) is 2.99. The number of aryl methyl sites for hydroxylation is 1. The highest BCUT2D eigenvalue weighted by molar-refractivity contribution is 7.99. The van der Waals surface area contributed by atoms with Crippen molar-refractivity contribution in [1.29, 1.82) is 0 Å². The zero-order chi connectivity index (χ0) is 13.1. The second kappa shape index (κ2) is 5.56. The topological polar surface area (TPSA) is 68.1 Å². The predicted molar refractivity (Wildman–Crippen MR) is 74.2 cm³/mol. The Balaban J connectivity index is 2.02. The summed E-state index contributed by atoms with van der Waals surface area (Å²) in [6.45, 7) is 1.67. The normalized spacial score (nSPS) is 23.0. The van der Waals surface area contributed by atoms with E-state index in [-0.39, 0.29) is 5.69 Å². The maximum atomic E-state index is 10.7. The molecule has 1 saturated carbocycles. The minimum atomic E-state index is -0.397. The molecule has 6 heteroatoms. The lowest BCUT2D eigenvalue weighted by Crippen LogP contribution is -2.17. The van der Waals surface area contributed by atoms with Crippen molar-refractivity contribution in [2.45, 2.75) is 37.5 Å². The summed E-state index contributed by atoms with van der Waals surface area (Å²) in [7, 11) is 0. The zero-order valence-electron chi connectivity index (χ0n) is 10.5. The molecule has 2 unspecified atom stereocenters. The van der Waals surface area contributed by atoms with Crippen molar-refractivity contribution in [2.75, 3.05) is 11.6 Å². The zero-order valence-corrected chi connectivity index (χ0v) is 11.4. The molecule has 5 nitrogen and oxygen atoms in total. The van der Waals surface area contributed by atoms with E-state index in [1.807, 2.05) is 11.8 Å². The molecule has 1 N–H and O–H groups in total. The minimum Gasteiger partial charge on any atom is -0.367 e. The Bertz CT molecular complexity index is 453. The summed E-state index contributed by atoms with van der Waals surface area (Å²) < 4.78 is 0. The summed E-state index contributed by atoms with van der Waals surface area (Å²) in [5, 5.41) is 14.8. The van der Waals surface area contributed by atoms with Gasteiger partial charge in [-0.2, -0.15) is 11.8 Å². The van der Waals surface area contributed by atoms with Gasteiger partial charge in [-0.25, -0.2) is 4.98 Å². The quantitative estimate of drug-likeness (QED) is 0.671. The summed E-state index contributed by atoms with van der Waals surface area (Å²) in [5.41, 5.74) is 0.540. The summed E-state index contributed by atoms with van der Waals surface area (Å²) in [5.74, 6) is 0.741. The summed E-state index contributed by atoms with van der Waals surface area (Å²) in [6, 6.07) is 3.65. The first-order valence-corrected chi connectivity index (χ1v) is 7.30. The number of nitrogens with zero attached hydrogens (tertiary/aromatic N) is 2. The van der Waals surface area contributed by atoms with Crippen LogP contribution in [-0.2, 0) is 0 Å². The highest BCUT2D eigenvalue weighted by Crippen LogP contribution is 2.30. The molecule has 2 atom stereocenters. The smallest absolute Gasteiger partial charge is 0.290 e. The fourth-order valence-electron chi connectivity index (χ4n) is 2.32. The van der Waals surface area contributed by atoms with Gasteiger partial charge >= 0.3 is 0 Å². The van der Waals surface area contributed by atoms with Gasteiger partial charge in [0.05, 0.1) is 4.92 Å². The summed E-state index contributed by atoms with van der Waals surface area (Å²) >= 11 is 1.91. The molecule has 98 valence electrons. The minimum absolute atomic E-state index is 0.0777. The van der Waals surface area contributed by atoms with Crippen molar-refractivity contribution >= 4 is 23.3 Å². The molecule has 0 radical (unpaired) electrons. The van der Waals surface area contributed by atoms with Crippen LogP contribution in [0.2, 0.25) is 0 Å². The van der Waals surface area contributed by atoms with Crippen LogP contribution in [0, 0.1) is 17.0 Å². The molecule has 1 heterocycles. The Morgan fingerprint density at radius 2 is 2.28 bits per heavy atom. The molecule has 0 amide bonds. The van der Waals surface area contributed by atoms with Gasteiger partial charge in [0.1, 0.15) is 11.5 Å². The van der Waals surface area contributed by atoms with Crippen LogP contribution in [0.5, 0.6) is 0 Å². The summed E-state index contributed by atoms with van der Waals surface area (Å²) in [4.78, 5) is 14.6. The van der Waals surface area contributed by atoms with E-state index < -0.39 is 4.92 Å². The van der Waals surface area contributed by atoms with Crippen LogP contribution in [0.3, 0.4) is 0 Å². The molecule has 2 rings (SSSR count). The molecule has 1 aliphatic rings. The van der Waals surface area contributed by atoms with Gasteiger partial charge in [0.15, 0.2) is 0 Å². The molecule has 1 aromatic heterocycles.